The minimum atomic E-state index is -0.947. The minimum Gasteiger partial charge on any atom is -0.466 e. The number of nitriles is 1. The molecule has 0 aliphatic carbocycles. The van der Waals surface area contributed by atoms with Crippen molar-refractivity contribution in [2.45, 2.75) is 12.8 Å². The standard InChI is InChI=1S/C15H13FN2O3/c1-8-12(15(19)20-2)13(10(7-17)14(18)21-8)9-5-3-4-6-11(9)16/h3-6,13H,18H2,1-2H3/t13-/m1/s1. The summed E-state index contributed by atoms with van der Waals surface area (Å²) in [5, 5.41) is 9.28. The number of nitrogens with two attached hydrogens (primary N) is 1. The molecule has 2 rings (SSSR count). The van der Waals surface area contributed by atoms with Gasteiger partial charge in [0.15, 0.2) is 0 Å². The Morgan fingerprint density at radius 3 is 2.71 bits per heavy atom. The maximum Gasteiger partial charge on any atom is 0.338 e. The first-order valence-electron chi connectivity index (χ1n) is 6.12. The molecule has 5 nitrogen and oxygen atoms in total. The molecule has 1 aromatic carbocycles. The third kappa shape index (κ3) is 2.46. The number of carbonyl (C=O) groups is 1. The lowest BCUT2D eigenvalue weighted by molar-refractivity contribution is -0.136. The number of esters is 1. The van der Waals surface area contributed by atoms with Gasteiger partial charge in [0.1, 0.15) is 23.2 Å². The molecule has 1 aromatic rings. The maximum absolute atomic E-state index is 14.1. The number of carbonyl (C=O) groups excluding carboxylic acids is 1. The molecule has 1 atom stereocenters. The van der Waals surface area contributed by atoms with Crippen LogP contribution in [0.25, 0.3) is 0 Å². The van der Waals surface area contributed by atoms with Crippen LogP contribution in [-0.4, -0.2) is 13.1 Å². The van der Waals surface area contributed by atoms with Crippen molar-refractivity contribution in [3.63, 3.8) is 0 Å². The van der Waals surface area contributed by atoms with Gasteiger partial charge in [-0.3, -0.25) is 0 Å². The van der Waals surface area contributed by atoms with E-state index in [2.05, 4.69) is 0 Å². The second kappa shape index (κ2) is 5.67. The summed E-state index contributed by atoms with van der Waals surface area (Å²) < 4.78 is 24.0. The van der Waals surface area contributed by atoms with Crippen molar-refractivity contribution in [3.8, 4) is 6.07 Å². The molecule has 0 spiro atoms. The van der Waals surface area contributed by atoms with Crippen molar-refractivity contribution in [3.05, 3.63) is 58.4 Å². The fourth-order valence-electron chi connectivity index (χ4n) is 2.28. The van der Waals surface area contributed by atoms with Crippen molar-refractivity contribution in [2.24, 2.45) is 5.73 Å². The largest absolute Gasteiger partial charge is 0.466 e. The van der Waals surface area contributed by atoms with Gasteiger partial charge in [0.2, 0.25) is 5.88 Å². The predicted molar refractivity (Wildman–Crippen MR) is 71.8 cm³/mol. The van der Waals surface area contributed by atoms with E-state index in [0.717, 1.165) is 0 Å². The normalized spacial score (nSPS) is 18.1. The van der Waals surface area contributed by atoms with Gasteiger partial charge in [0, 0.05) is 5.56 Å². The molecule has 1 aliphatic rings. The van der Waals surface area contributed by atoms with Crippen LogP contribution in [0.15, 0.2) is 47.1 Å². The smallest absolute Gasteiger partial charge is 0.338 e. The minimum absolute atomic E-state index is 0.0221. The topological polar surface area (TPSA) is 85.3 Å². The van der Waals surface area contributed by atoms with Gasteiger partial charge in [-0.1, -0.05) is 18.2 Å². The van der Waals surface area contributed by atoms with Gasteiger partial charge in [-0.15, -0.1) is 0 Å². The molecule has 21 heavy (non-hydrogen) atoms. The number of ether oxygens (including phenoxy) is 2. The average Bonchev–Trinajstić information content (AvgIpc) is 2.46. The average molecular weight is 288 g/mol. The van der Waals surface area contributed by atoms with Crippen LogP contribution in [0.4, 0.5) is 4.39 Å². The van der Waals surface area contributed by atoms with Crippen molar-refractivity contribution in [1.82, 2.24) is 0 Å². The van der Waals surface area contributed by atoms with Gasteiger partial charge in [0.05, 0.1) is 18.6 Å². The van der Waals surface area contributed by atoms with Gasteiger partial charge in [-0.2, -0.15) is 5.26 Å². The molecule has 0 saturated carbocycles. The lowest BCUT2D eigenvalue weighted by Crippen LogP contribution is -2.25. The summed E-state index contributed by atoms with van der Waals surface area (Å²) in [5.41, 5.74) is 5.90. The van der Waals surface area contributed by atoms with Crippen molar-refractivity contribution >= 4 is 5.97 Å². The number of rotatable bonds is 2. The number of halogens is 1. The number of hydrogen-bond donors (Lipinski definition) is 1. The Bertz CT molecular complexity index is 701. The Labute approximate surface area is 121 Å². The van der Waals surface area contributed by atoms with E-state index in [1.54, 1.807) is 6.07 Å². The fourth-order valence-corrected chi connectivity index (χ4v) is 2.28. The second-order valence-electron chi connectivity index (χ2n) is 4.41. The van der Waals surface area contributed by atoms with Crippen LogP contribution in [-0.2, 0) is 14.3 Å². The summed E-state index contributed by atoms with van der Waals surface area (Å²) in [4.78, 5) is 12.0. The molecule has 0 aromatic heterocycles. The number of hydrogen-bond acceptors (Lipinski definition) is 5. The van der Waals surface area contributed by atoms with E-state index in [1.807, 2.05) is 6.07 Å². The van der Waals surface area contributed by atoms with Crippen LogP contribution in [0.5, 0.6) is 0 Å². The third-order valence-corrected chi connectivity index (χ3v) is 3.23. The fraction of sp³-hybridized carbons (Fsp3) is 0.200. The quantitative estimate of drug-likeness (QED) is 0.842. The molecule has 0 radical (unpaired) electrons. The van der Waals surface area contributed by atoms with Gasteiger partial charge in [-0.25, -0.2) is 9.18 Å². The molecule has 0 amide bonds. The monoisotopic (exact) mass is 288 g/mol. The zero-order chi connectivity index (χ0) is 15.6. The van der Waals surface area contributed by atoms with Crippen molar-refractivity contribution in [1.29, 1.82) is 5.26 Å². The number of allylic oxidation sites excluding steroid dienone is 2. The van der Waals surface area contributed by atoms with Gasteiger partial charge in [0.25, 0.3) is 0 Å². The van der Waals surface area contributed by atoms with Crippen LogP contribution in [0.3, 0.4) is 0 Å². The first kappa shape index (κ1) is 14.6. The Morgan fingerprint density at radius 1 is 1.48 bits per heavy atom. The van der Waals surface area contributed by atoms with E-state index in [4.69, 9.17) is 15.2 Å². The van der Waals surface area contributed by atoms with Crippen molar-refractivity contribution in [2.75, 3.05) is 7.11 Å². The van der Waals surface area contributed by atoms with Crippen LogP contribution < -0.4 is 5.73 Å². The van der Waals surface area contributed by atoms with E-state index in [-0.39, 0.29) is 28.4 Å². The highest BCUT2D eigenvalue weighted by molar-refractivity contribution is 5.92. The van der Waals surface area contributed by atoms with E-state index < -0.39 is 17.7 Å². The maximum atomic E-state index is 14.1. The summed E-state index contributed by atoms with van der Waals surface area (Å²) in [7, 11) is 1.20. The van der Waals surface area contributed by atoms with E-state index >= 15 is 0 Å². The van der Waals surface area contributed by atoms with Crippen molar-refractivity contribution < 1.29 is 18.7 Å². The van der Waals surface area contributed by atoms with E-state index in [0.29, 0.717) is 0 Å². The highest BCUT2D eigenvalue weighted by Crippen LogP contribution is 2.40. The lowest BCUT2D eigenvalue weighted by Gasteiger charge is -2.26. The van der Waals surface area contributed by atoms with Crippen LogP contribution in [0, 0.1) is 17.1 Å². The summed E-state index contributed by atoms with van der Waals surface area (Å²) in [6.45, 7) is 1.51. The van der Waals surface area contributed by atoms with Crippen LogP contribution in [0.1, 0.15) is 18.4 Å². The predicted octanol–water partition coefficient (Wildman–Crippen LogP) is 2.08. The number of nitrogens with zero attached hydrogens (tertiary/aromatic N) is 1. The first-order valence-corrected chi connectivity index (χ1v) is 6.12. The zero-order valence-electron chi connectivity index (χ0n) is 11.5. The number of methoxy groups -OCH3 is 1. The molecule has 1 heterocycles. The number of benzene rings is 1. The first-order chi connectivity index (χ1) is 10.0. The highest BCUT2D eigenvalue weighted by atomic mass is 19.1. The van der Waals surface area contributed by atoms with Gasteiger partial charge >= 0.3 is 5.97 Å². The molecular formula is C15H13FN2O3. The molecule has 0 fully saturated rings. The summed E-state index contributed by atoms with van der Waals surface area (Å²) in [6, 6.07) is 7.76. The third-order valence-electron chi connectivity index (χ3n) is 3.23. The van der Waals surface area contributed by atoms with E-state index in [1.165, 1.54) is 32.2 Å². The molecule has 1 aliphatic heterocycles. The molecule has 0 unspecified atom stereocenters. The molecule has 0 bridgehead atoms. The Morgan fingerprint density at radius 2 is 2.14 bits per heavy atom. The van der Waals surface area contributed by atoms with Crippen LogP contribution >= 0.6 is 0 Å². The second-order valence-corrected chi connectivity index (χ2v) is 4.41. The van der Waals surface area contributed by atoms with Gasteiger partial charge < -0.3 is 15.2 Å². The molecule has 2 N–H and O–H groups in total. The SMILES string of the molecule is COC(=O)C1=C(C)OC(N)=C(C#N)[C@H]1c1ccccc1F. The molecule has 6 heteroatoms. The van der Waals surface area contributed by atoms with Crippen LogP contribution in [0.2, 0.25) is 0 Å². The Balaban J connectivity index is 2.70. The van der Waals surface area contributed by atoms with E-state index in [9.17, 15) is 14.4 Å². The lowest BCUT2D eigenvalue weighted by atomic mass is 9.83. The summed E-state index contributed by atoms with van der Waals surface area (Å²) >= 11 is 0. The molecular weight excluding hydrogens is 275 g/mol. The Kier molecular flexibility index (Phi) is 3.94. The van der Waals surface area contributed by atoms with Gasteiger partial charge in [-0.05, 0) is 13.0 Å². The molecule has 108 valence electrons. The zero-order valence-corrected chi connectivity index (χ0v) is 11.5. The Hall–Kier alpha value is -2.81. The summed E-state index contributed by atoms with van der Waals surface area (Å²) in [5.74, 6) is -2.14. The molecule has 0 saturated heterocycles. The summed E-state index contributed by atoms with van der Waals surface area (Å²) in [6.07, 6.45) is 0. The highest BCUT2D eigenvalue weighted by Gasteiger charge is 2.37.